The Labute approximate surface area is 152 Å². The topological polar surface area (TPSA) is 93.1 Å². The zero-order valence-corrected chi connectivity index (χ0v) is 14.4. The van der Waals surface area contributed by atoms with Gasteiger partial charge in [0.1, 0.15) is 11.5 Å². The average molecular weight is 358 g/mol. The molecule has 2 aromatic carbocycles. The van der Waals surface area contributed by atoms with E-state index >= 15 is 0 Å². The molecule has 0 aliphatic rings. The summed E-state index contributed by atoms with van der Waals surface area (Å²) in [5, 5.41) is 18.4. The van der Waals surface area contributed by atoms with Crippen molar-refractivity contribution >= 4 is 11.9 Å². The summed E-state index contributed by atoms with van der Waals surface area (Å²) in [4.78, 5) is 23.4. The van der Waals surface area contributed by atoms with E-state index in [-0.39, 0.29) is 49.5 Å². The molecule has 2 N–H and O–H groups in total. The van der Waals surface area contributed by atoms with Crippen molar-refractivity contribution in [2.75, 3.05) is 13.2 Å². The lowest BCUT2D eigenvalue weighted by atomic mass is 10.1. The Morgan fingerprint density at radius 1 is 0.654 bits per heavy atom. The lowest BCUT2D eigenvalue weighted by Crippen LogP contribution is -2.11. The highest BCUT2D eigenvalue weighted by Gasteiger charge is 2.06. The predicted molar refractivity (Wildman–Crippen MR) is 94.8 cm³/mol. The molecule has 0 amide bonds. The molecule has 0 spiro atoms. The Morgan fingerprint density at radius 2 is 1.00 bits per heavy atom. The molecule has 2 rings (SSSR count). The van der Waals surface area contributed by atoms with E-state index in [0.29, 0.717) is 12.8 Å². The number of hydrogen-bond donors (Lipinski definition) is 2. The van der Waals surface area contributed by atoms with E-state index in [2.05, 4.69) is 0 Å². The number of ether oxygens (including phenoxy) is 2. The van der Waals surface area contributed by atoms with Crippen molar-refractivity contribution in [1.82, 2.24) is 0 Å². The summed E-state index contributed by atoms with van der Waals surface area (Å²) in [5.74, 6) is -0.357. The molecule has 26 heavy (non-hydrogen) atoms. The molecule has 0 aliphatic heterocycles. The third-order valence-corrected chi connectivity index (χ3v) is 3.63. The van der Waals surface area contributed by atoms with E-state index in [0.717, 1.165) is 11.1 Å². The summed E-state index contributed by atoms with van der Waals surface area (Å²) in [6.07, 6.45) is 1.52. The van der Waals surface area contributed by atoms with Gasteiger partial charge in [-0.05, 0) is 48.2 Å². The van der Waals surface area contributed by atoms with Crippen molar-refractivity contribution in [2.24, 2.45) is 0 Å². The average Bonchev–Trinajstić information content (AvgIpc) is 2.62. The van der Waals surface area contributed by atoms with Gasteiger partial charge in [-0.25, -0.2) is 0 Å². The number of esters is 2. The second-order valence-corrected chi connectivity index (χ2v) is 5.83. The molecule has 0 saturated heterocycles. The van der Waals surface area contributed by atoms with Gasteiger partial charge < -0.3 is 19.7 Å². The lowest BCUT2D eigenvalue weighted by molar-refractivity contribution is -0.145. The van der Waals surface area contributed by atoms with Gasteiger partial charge in [0.25, 0.3) is 0 Å². The van der Waals surface area contributed by atoms with Crippen LogP contribution in [0.5, 0.6) is 11.5 Å². The van der Waals surface area contributed by atoms with E-state index < -0.39 is 0 Å². The first-order valence-electron chi connectivity index (χ1n) is 8.40. The first-order valence-corrected chi connectivity index (χ1v) is 8.40. The number of hydrogen-bond acceptors (Lipinski definition) is 6. The van der Waals surface area contributed by atoms with Crippen molar-refractivity contribution in [3.05, 3.63) is 59.7 Å². The highest BCUT2D eigenvalue weighted by atomic mass is 16.5. The third kappa shape index (κ3) is 7.25. The van der Waals surface area contributed by atoms with Crippen molar-refractivity contribution in [2.45, 2.75) is 25.7 Å². The van der Waals surface area contributed by atoms with Crippen molar-refractivity contribution in [3.8, 4) is 11.5 Å². The van der Waals surface area contributed by atoms with Crippen LogP contribution in [0.15, 0.2) is 48.5 Å². The maximum atomic E-state index is 11.7. The normalized spacial score (nSPS) is 10.3. The van der Waals surface area contributed by atoms with Crippen LogP contribution in [0.2, 0.25) is 0 Å². The van der Waals surface area contributed by atoms with Crippen LogP contribution in [0.3, 0.4) is 0 Å². The Bertz CT molecular complexity index is 643. The number of unbranched alkanes of at least 4 members (excludes halogenated alkanes) is 1. The minimum atomic E-state index is -0.333. The lowest BCUT2D eigenvalue weighted by Gasteiger charge is -2.07. The van der Waals surface area contributed by atoms with Crippen LogP contribution in [-0.2, 0) is 31.9 Å². The fourth-order valence-corrected chi connectivity index (χ4v) is 2.24. The number of phenolic OH excluding ortho intramolecular Hbond substituents is 2. The van der Waals surface area contributed by atoms with Crippen molar-refractivity contribution < 1.29 is 29.3 Å². The molecule has 0 aromatic heterocycles. The van der Waals surface area contributed by atoms with E-state index in [4.69, 9.17) is 9.47 Å². The predicted octanol–water partition coefficient (Wildman–Crippen LogP) is 2.75. The van der Waals surface area contributed by atoms with Crippen LogP contribution in [0.25, 0.3) is 0 Å². The van der Waals surface area contributed by atoms with Crippen LogP contribution in [0.4, 0.5) is 0 Å². The largest absolute Gasteiger partial charge is 0.508 e. The van der Waals surface area contributed by atoms with Gasteiger partial charge in [-0.3, -0.25) is 9.59 Å². The number of aromatic hydroxyl groups is 2. The van der Waals surface area contributed by atoms with Crippen molar-refractivity contribution in [3.63, 3.8) is 0 Å². The zero-order chi connectivity index (χ0) is 18.8. The molecule has 138 valence electrons. The van der Waals surface area contributed by atoms with Gasteiger partial charge in [-0.15, -0.1) is 0 Å². The molecule has 0 radical (unpaired) electrons. The monoisotopic (exact) mass is 358 g/mol. The minimum absolute atomic E-state index is 0.155. The molecule has 0 bridgehead atoms. The van der Waals surface area contributed by atoms with Gasteiger partial charge >= 0.3 is 11.9 Å². The number of rotatable bonds is 9. The summed E-state index contributed by atoms with van der Waals surface area (Å²) in [7, 11) is 0. The molecule has 6 nitrogen and oxygen atoms in total. The molecule has 0 saturated carbocycles. The zero-order valence-electron chi connectivity index (χ0n) is 14.4. The van der Waals surface area contributed by atoms with Gasteiger partial charge in [0.2, 0.25) is 0 Å². The summed E-state index contributed by atoms with van der Waals surface area (Å²) < 4.78 is 10.2. The SMILES string of the molecule is O=C(Cc1ccc(O)cc1)OCCCCOC(=O)Cc1ccc(O)cc1. The summed E-state index contributed by atoms with van der Waals surface area (Å²) >= 11 is 0. The van der Waals surface area contributed by atoms with Gasteiger partial charge in [-0.2, -0.15) is 0 Å². The maximum absolute atomic E-state index is 11.7. The Hall–Kier alpha value is -3.02. The van der Waals surface area contributed by atoms with Crippen LogP contribution in [0, 0.1) is 0 Å². The molecule has 2 aromatic rings. The van der Waals surface area contributed by atoms with Crippen LogP contribution < -0.4 is 0 Å². The second kappa shape index (κ2) is 10.1. The van der Waals surface area contributed by atoms with Crippen molar-refractivity contribution in [1.29, 1.82) is 0 Å². The second-order valence-electron chi connectivity index (χ2n) is 5.83. The number of carbonyl (C=O) groups is 2. The first kappa shape index (κ1) is 19.3. The van der Waals surface area contributed by atoms with Crippen LogP contribution >= 0.6 is 0 Å². The molecule has 0 aliphatic carbocycles. The van der Waals surface area contributed by atoms with Gasteiger partial charge in [0, 0.05) is 0 Å². The summed E-state index contributed by atoms with van der Waals surface area (Å²) in [5.41, 5.74) is 1.55. The summed E-state index contributed by atoms with van der Waals surface area (Å²) in [6.45, 7) is 0.541. The highest BCUT2D eigenvalue weighted by Crippen LogP contribution is 2.11. The molecule has 0 fully saturated rings. The standard InChI is InChI=1S/C20H22O6/c21-17-7-3-15(4-8-17)13-19(23)25-11-1-2-12-26-20(24)14-16-5-9-18(22)10-6-16/h3-10,21-22H,1-2,11-14H2. The van der Waals surface area contributed by atoms with E-state index in [1.165, 1.54) is 24.3 Å². The maximum Gasteiger partial charge on any atom is 0.310 e. The smallest absolute Gasteiger partial charge is 0.310 e. The number of carbonyl (C=O) groups excluding carboxylic acids is 2. The molecule has 0 unspecified atom stereocenters. The fourth-order valence-electron chi connectivity index (χ4n) is 2.24. The molecule has 6 heteroatoms. The van der Waals surface area contributed by atoms with E-state index in [9.17, 15) is 19.8 Å². The van der Waals surface area contributed by atoms with Gasteiger partial charge in [0.05, 0.1) is 26.1 Å². The molecular weight excluding hydrogens is 336 g/mol. The van der Waals surface area contributed by atoms with Gasteiger partial charge in [0.15, 0.2) is 0 Å². The Morgan fingerprint density at radius 3 is 1.35 bits per heavy atom. The Balaban J connectivity index is 1.53. The molecule has 0 atom stereocenters. The Kier molecular flexibility index (Phi) is 7.49. The fraction of sp³-hybridized carbons (Fsp3) is 0.300. The van der Waals surface area contributed by atoms with Crippen LogP contribution in [-0.4, -0.2) is 35.4 Å². The highest BCUT2D eigenvalue weighted by molar-refractivity contribution is 5.73. The molecule has 0 heterocycles. The third-order valence-electron chi connectivity index (χ3n) is 3.63. The minimum Gasteiger partial charge on any atom is -0.508 e. The summed E-state index contributed by atoms with van der Waals surface area (Å²) in [6, 6.07) is 12.8. The number of phenols is 2. The quantitative estimate of drug-likeness (QED) is 0.529. The van der Waals surface area contributed by atoms with Crippen LogP contribution in [0.1, 0.15) is 24.0 Å². The number of benzene rings is 2. The first-order chi connectivity index (χ1) is 12.5. The van der Waals surface area contributed by atoms with Gasteiger partial charge in [-0.1, -0.05) is 24.3 Å². The molecular formula is C20H22O6. The van der Waals surface area contributed by atoms with E-state index in [1.54, 1.807) is 24.3 Å². The van der Waals surface area contributed by atoms with E-state index in [1.807, 2.05) is 0 Å².